The summed E-state index contributed by atoms with van der Waals surface area (Å²) in [6, 6.07) is 12.8. The van der Waals surface area contributed by atoms with Gasteiger partial charge in [-0.05, 0) is 62.8 Å². The third kappa shape index (κ3) is 2.99. The molecule has 0 bridgehead atoms. The van der Waals surface area contributed by atoms with E-state index in [9.17, 15) is 4.79 Å². The Kier molecular flexibility index (Phi) is 4.18. The van der Waals surface area contributed by atoms with Crippen molar-refractivity contribution in [2.24, 2.45) is 5.41 Å². The summed E-state index contributed by atoms with van der Waals surface area (Å²) in [5, 5.41) is 0. The van der Waals surface area contributed by atoms with E-state index in [-0.39, 0.29) is 5.41 Å². The van der Waals surface area contributed by atoms with Gasteiger partial charge in [-0.25, -0.2) is 4.98 Å². The quantitative estimate of drug-likeness (QED) is 0.695. The predicted molar refractivity (Wildman–Crippen MR) is 109 cm³/mol. The highest BCUT2D eigenvalue weighted by molar-refractivity contribution is 5.86. The van der Waals surface area contributed by atoms with Crippen LogP contribution in [-0.4, -0.2) is 38.4 Å². The maximum atomic E-state index is 13.2. The molecule has 2 fully saturated rings. The van der Waals surface area contributed by atoms with E-state index >= 15 is 0 Å². The molecular weight excluding hydrogens is 348 g/mol. The smallest absolute Gasteiger partial charge is 0.229 e. The zero-order valence-corrected chi connectivity index (χ0v) is 16.3. The summed E-state index contributed by atoms with van der Waals surface area (Å²) in [4.78, 5) is 24.3. The summed E-state index contributed by atoms with van der Waals surface area (Å²) in [6.07, 6.45) is 8.51. The van der Waals surface area contributed by atoms with Crippen LogP contribution in [-0.2, 0) is 11.2 Å². The molecule has 1 aliphatic heterocycles. The second-order valence-corrected chi connectivity index (χ2v) is 8.36. The maximum absolute atomic E-state index is 13.2. The molecule has 1 amide bonds. The normalized spacial score (nSPS) is 19.1. The molecule has 0 spiro atoms. The number of aryl methyl sites for hydroxylation is 1. The fourth-order valence-corrected chi connectivity index (χ4v) is 4.80. The Balaban J connectivity index is 1.28. The number of pyridine rings is 1. The Morgan fingerprint density at radius 2 is 1.93 bits per heavy atom. The second kappa shape index (κ2) is 6.73. The number of piperidine rings is 1. The van der Waals surface area contributed by atoms with Crippen molar-refractivity contribution in [3.63, 3.8) is 0 Å². The minimum atomic E-state index is -0.173. The number of amides is 1. The first-order valence-corrected chi connectivity index (χ1v) is 10.3. The molecule has 28 heavy (non-hydrogen) atoms. The number of para-hydroxylation sites is 2. The maximum Gasteiger partial charge on any atom is 0.229 e. The van der Waals surface area contributed by atoms with Crippen molar-refractivity contribution in [2.75, 3.05) is 13.1 Å². The van der Waals surface area contributed by atoms with Gasteiger partial charge in [0.1, 0.15) is 5.82 Å². The lowest BCUT2D eigenvalue weighted by Crippen LogP contribution is -2.43. The van der Waals surface area contributed by atoms with E-state index in [0.717, 1.165) is 56.5 Å². The summed E-state index contributed by atoms with van der Waals surface area (Å²) in [5.41, 5.74) is 3.27. The molecule has 1 aliphatic carbocycles. The van der Waals surface area contributed by atoms with Crippen LogP contribution >= 0.6 is 0 Å². The van der Waals surface area contributed by atoms with Gasteiger partial charge in [0.2, 0.25) is 5.91 Å². The van der Waals surface area contributed by atoms with Gasteiger partial charge < -0.3 is 9.47 Å². The Morgan fingerprint density at radius 3 is 2.64 bits per heavy atom. The van der Waals surface area contributed by atoms with E-state index in [1.54, 1.807) is 6.20 Å². The van der Waals surface area contributed by atoms with Crippen molar-refractivity contribution in [1.29, 1.82) is 0 Å². The molecule has 3 aromatic rings. The molecule has 5 nitrogen and oxygen atoms in total. The van der Waals surface area contributed by atoms with E-state index in [4.69, 9.17) is 4.98 Å². The van der Waals surface area contributed by atoms with Gasteiger partial charge in [-0.15, -0.1) is 0 Å². The van der Waals surface area contributed by atoms with Gasteiger partial charge in [0, 0.05) is 31.5 Å². The largest absolute Gasteiger partial charge is 0.342 e. The van der Waals surface area contributed by atoms with Crippen LogP contribution in [0.5, 0.6) is 0 Å². The lowest BCUT2D eigenvalue weighted by molar-refractivity contribution is -0.138. The molecule has 144 valence electrons. The molecule has 1 saturated heterocycles. The van der Waals surface area contributed by atoms with Gasteiger partial charge >= 0.3 is 0 Å². The van der Waals surface area contributed by atoms with E-state index in [2.05, 4.69) is 45.6 Å². The minimum absolute atomic E-state index is 0.173. The number of hydrogen-bond donors (Lipinski definition) is 0. The molecule has 1 aromatic carbocycles. The molecule has 3 heterocycles. The number of fused-ring (bicyclic) bond motifs is 1. The van der Waals surface area contributed by atoms with Gasteiger partial charge in [-0.3, -0.25) is 9.78 Å². The minimum Gasteiger partial charge on any atom is -0.342 e. The Morgan fingerprint density at radius 1 is 1.14 bits per heavy atom. The lowest BCUT2D eigenvalue weighted by Gasteiger charge is -2.35. The van der Waals surface area contributed by atoms with E-state index in [1.165, 1.54) is 11.1 Å². The highest BCUT2D eigenvalue weighted by Crippen LogP contribution is 2.50. The standard InChI is InChI=1S/C23H26N4O/c1-17-25-20-6-2-3-7-21(20)27(17)19-8-13-26(14-9-19)22(28)23(10-11-23)15-18-5-4-12-24-16-18/h2-7,12,16,19H,8-11,13-15H2,1H3. The summed E-state index contributed by atoms with van der Waals surface area (Å²) in [5.74, 6) is 1.42. The van der Waals surface area contributed by atoms with Crippen molar-refractivity contribution in [3.05, 3.63) is 60.2 Å². The first kappa shape index (κ1) is 17.4. The topological polar surface area (TPSA) is 51.0 Å². The van der Waals surface area contributed by atoms with Crippen molar-refractivity contribution >= 4 is 16.9 Å². The van der Waals surface area contributed by atoms with E-state index < -0.39 is 0 Å². The zero-order chi connectivity index (χ0) is 19.1. The Hall–Kier alpha value is -2.69. The molecule has 5 rings (SSSR count). The molecular formula is C23H26N4O. The van der Waals surface area contributed by atoms with Crippen molar-refractivity contribution in [1.82, 2.24) is 19.4 Å². The molecule has 1 saturated carbocycles. The van der Waals surface area contributed by atoms with Crippen LogP contribution in [0.25, 0.3) is 11.0 Å². The van der Waals surface area contributed by atoms with Crippen LogP contribution in [0.4, 0.5) is 0 Å². The van der Waals surface area contributed by atoms with Crippen molar-refractivity contribution in [3.8, 4) is 0 Å². The molecule has 0 N–H and O–H groups in total. The SMILES string of the molecule is Cc1nc2ccccc2n1C1CCN(C(=O)C2(Cc3cccnc3)CC2)CC1. The van der Waals surface area contributed by atoms with E-state index in [1.807, 2.05) is 18.3 Å². The van der Waals surface area contributed by atoms with E-state index in [0.29, 0.717) is 11.9 Å². The van der Waals surface area contributed by atoms with Crippen LogP contribution < -0.4 is 0 Å². The van der Waals surface area contributed by atoms with Gasteiger partial charge in [-0.1, -0.05) is 18.2 Å². The molecule has 2 aromatic heterocycles. The van der Waals surface area contributed by atoms with Gasteiger partial charge in [-0.2, -0.15) is 0 Å². The average molecular weight is 374 g/mol. The van der Waals surface area contributed by atoms with Crippen molar-refractivity contribution in [2.45, 2.75) is 45.1 Å². The monoisotopic (exact) mass is 374 g/mol. The number of hydrogen-bond acceptors (Lipinski definition) is 3. The molecule has 5 heteroatoms. The molecule has 0 unspecified atom stereocenters. The number of rotatable bonds is 4. The number of likely N-dealkylation sites (tertiary alicyclic amines) is 1. The van der Waals surface area contributed by atoms with Gasteiger partial charge in [0.05, 0.1) is 16.4 Å². The number of benzene rings is 1. The highest BCUT2D eigenvalue weighted by Gasteiger charge is 2.51. The Bertz CT molecular complexity index is 998. The molecule has 0 radical (unpaired) electrons. The number of imidazole rings is 1. The first-order chi connectivity index (χ1) is 13.7. The second-order valence-electron chi connectivity index (χ2n) is 8.36. The average Bonchev–Trinajstić information content (AvgIpc) is 3.43. The summed E-state index contributed by atoms with van der Waals surface area (Å²) in [7, 11) is 0. The van der Waals surface area contributed by atoms with Crippen LogP contribution in [0.2, 0.25) is 0 Å². The number of carbonyl (C=O) groups is 1. The highest BCUT2D eigenvalue weighted by atomic mass is 16.2. The summed E-state index contributed by atoms with van der Waals surface area (Å²) < 4.78 is 2.37. The fourth-order valence-electron chi connectivity index (χ4n) is 4.80. The van der Waals surface area contributed by atoms with Crippen LogP contribution in [0, 0.1) is 12.3 Å². The van der Waals surface area contributed by atoms with Gasteiger partial charge in [0.15, 0.2) is 0 Å². The predicted octanol–water partition coefficient (Wildman–Crippen LogP) is 3.93. The van der Waals surface area contributed by atoms with Crippen molar-refractivity contribution < 1.29 is 4.79 Å². The summed E-state index contributed by atoms with van der Waals surface area (Å²) >= 11 is 0. The van der Waals surface area contributed by atoms with Crippen LogP contribution in [0.3, 0.4) is 0 Å². The lowest BCUT2D eigenvalue weighted by atomic mass is 9.94. The molecule has 2 aliphatic rings. The summed E-state index contributed by atoms with van der Waals surface area (Å²) in [6.45, 7) is 3.76. The van der Waals surface area contributed by atoms with Crippen LogP contribution in [0.1, 0.15) is 43.1 Å². The van der Waals surface area contributed by atoms with Crippen LogP contribution in [0.15, 0.2) is 48.8 Å². The Labute approximate surface area is 165 Å². The number of aromatic nitrogens is 3. The first-order valence-electron chi connectivity index (χ1n) is 10.3. The third-order valence-corrected chi connectivity index (χ3v) is 6.46. The number of carbonyl (C=O) groups excluding carboxylic acids is 1. The number of nitrogens with zero attached hydrogens (tertiary/aromatic N) is 4. The van der Waals surface area contributed by atoms with Gasteiger partial charge in [0.25, 0.3) is 0 Å². The third-order valence-electron chi connectivity index (χ3n) is 6.46. The fraction of sp³-hybridized carbons (Fsp3) is 0.435. The zero-order valence-electron chi connectivity index (χ0n) is 16.3. The molecule has 0 atom stereocenters.